The Labute approximate surface area is 275 Å². The Morgan fingerprint density at radius 1 is 0.978 bits per heavy atom. The van der Waals surface area contributed by atoms with Crippen LogP contribution in [0.15, 0.2) is 70.5 Å². The Morgan fingerprint density at radius 3 is 2.28 bits per heavy atom. The first-order chi connectivity index (χ1) is 22.3. The lowest BCUT2D eigenvalue weighted by Crippen LogP contribution is -2.46. The van der Waals surface area contributed by atoms with Gasteiger partial charge >= 0.3 is 5.69 Å². The number of aromatic nitrogens is 3. The van der Waals surface area contributed by atoms with Crippen molar-refractivity contribution in [3.8, 4) is 16.9 Å². The number of nitrogens with one attached hydrogen (secondary N) is 2. The molecule has 0 amide bonds. The predicted molar refractivity (Wildman–Crippen MR) is 188 cm³/mol. The number of rotatable bonds is 16. The highest BCUT2D eigenvalue weighted by Crippen LogP contribution is 2.27. The summed E-state index contributed by atoms with van der Waals surface area (Å²) in [5.41, 5.74) is 15.0. The number of hydrogen-bond donors (Lipinski definition) is 4. The Hall–Kier alpha value is -3.04. The van der Waals surface area contributed by atoms with Gasteiger partial charge in [0.15, 0.2) is 0 Å². The lowest BCUT2D eigenvalue weighted by Gasteiger charge is -2.33. The quantitative estimate of drug-likeness (QED) is 0.141. The van der Waals surface area contributed by atoms with E-state index in [-0.39, 0.29) is 16.6 Å². The van der Waals surface area contributed by atoms with Crippen LogP contribution >= 0.6 is 11.8 Å². The molecule has 46 heavy (non-hydrogen) atoms. The van der Waals surface area contributed by atoms with Gasteiger partial charge in [-0.05, 0) is 113 Å². The monoisotopic (exact) mass is 666 g/mol. The van der Waals surface area contributed by atoms with Crippen molar-refractivity contribution in [2.75, 3.05) is 57.8 Å². The second kappa shape index (κ2) is 16.2. The maximum Gasteiger partial charge on any atom is 0.354 e. The van der Waals surface area contributed by atoms with Crippen LogP contribution in [0.4, 0.5) is 0 Å². The standard InChI is InChI=1S/C33H46N8O3S2/c1-45-21-20-41(29-12-16-36-17-13-29)46(43,44)30-10-6-26(7-11-30)31-22-27-24-40(33(42)38-32(27)37-31)28-8-4-25(5-9-28)23-39(18-2-14-34)19-3-15-35/h4-11,22,24,29,36H,2-3,12-21,23,34-35H2,1H3,(H,37,38,42). The van der Waals surface area contributed by atoms with Crippen molar-refractivity contribution in [1.82, 2.24) is 29.1 Å². The van der Waals surface area contributed by atoms with E-state index in [9.17, 15) is 13.2 Å². The van der Waals surface area contributed by atoms with E-state index in [1.807, 2.05) is 48.7 Å². The van der Waals surface area contributed by atoms with Gasteiger partial charge < -0.3 is 21.8 Å². The number of sulfonamides is 1. The number of nitrogens with zero attached hydrogens (tertiary/aromatic N) is 4. The molecule has 0 unspecified atom stereocenters. The van der Waals surface area contributed by atoms with Crippen LogP contribution in [0, 0.1) is 0 Å². The Morgan fingerprint density at radius 2 is 1.65 bits per heavy atom. The Bertz CT molecular complexity index is 1710. The zero-order valence-corrected chi connectivity index (χ0v) is 28.2. The van der Waals surface area contributed by atoms with Crippen molar-refractivity contribution in [1.29, 1.82) is 0 Å². The summed E-state index contributed by atoms with van der Waals surface area (Å²) in [6, 6.07) is 16.8. The van der Waals surface area contributed by atoms with Gasteiger partial charge in [0.2, 0.25) is 10.0 Å². The molecular formula is C33H46N8O3S2. The van der Waals surface area contributed by atoms with Crippen molar-refractivity contribution >= 4 is 32.8 Å². The minimum atomic E-state index is -3.64. The number of benzene rings is 2. The van der Waals surface area contributed by atoms with Crippen molar-refractivity contribution in [3.63, 3.8) is 0 Å². The molecule has 1 saturated heterocycles. The smallest absolute Gasteiger partial charge is 0.339 e. The van der Waals surface area contributed by atoms with Crippen LogP contribution < -0.4 is 22.5 Å². The first kappa shape index (κ1) is 34.3. The molecule has 1 aliphatic heterocycles. The average molecular weight is 667 g/mol. The Balaban J connectivity index is 1.34. The summed E-state index contributed by atoms with van der Waals surface area (Å²) in [5.74, 6) is 0.748. The maximum atomic E-state index is 13.7. The van der Waals surface area contributed by atoms with E-state index >= 15 is 0 Å². The number of nitrogens with two attached hydrogens (primary N) is 2. The van der Waals surface area contributed by atoms with Crippen molar-refractivity contribution in [2.45, 2.75) is 43.2 Å². The van der Waals surface area contributed by atoms with Gasteiger partial charge in [-0.25, -0.2) is 13.2 Å². The summed E-state index contributed by atoms with van der Waals surface area (Å²) in [7, 11) is -3.64. The molecule has 0 spiro atoms. The molecule has 0 radical (unpaired) electrons. The topological polar surface area (TPSA) is 155 Å². The fraction of sp³-hybridized carbons (Fsp3) is 0.455. The summed E-state index contributed by atoms with van der Waals surface area (Å²) in [4.78, 5) is 23.2. The molecule has 6 N–H and O–H groups in total. The first-order valence-corrected chi connectivity index (χ1v) is 18.8. The zero-order chi connectivity index (χ0) is 32.5. The molecule has 0 aliphatic carbocycles. The molecule has 1 aliphatic rings. The third kappa shape index (κ3) is 8.26. The summed E-state index contributed by atoms with van der Waals surface area (Å²) in [6.07, 6.45) is 7.26. The number of H-pyrrole nitrogens is 1. The van der Waals surface area contributed by atoms with Gasteiger partial charge in [0.05, 0.1) is 10.6 Å². The third-order valence-electron chi connectivity index (χ3n) is 8.49. The fourth-order valence-corrected chi connectivity index (χ4v) is 8.15. The van der Waals surface area contributed by atoms with Crippen LogP contribution in [-0.2, 0) is 16.6 Å². The van der Waals surface area contributed by atoms with Crippen LogP contribution in [-0.4, -0.2) is 96.0 Å². The van der Waals surface area contributed by atoms with Gasteiger partial charge in [-0.1, -0.05) is 24.3 Å². The number of aromatic amines is 1. The maximum absolute atomic E-state index is 13.7. The molecule has 13 heteroatoms. The first-order valence-electron chi connectivity index (χ1n) is 16.0. The number of piperidine rings is 1. The van der Waals surface area contributed by atoms with Gasteiger partial charge in [-0.2, -0.15) is 21.1 Å². The molecule has 5 rings (SSSR count). The largest absolute Gasteiger partial charge is 0.354 e. The van der Waals surface area contributed by atoms with E-state index in [0.717, 1.165) is 92.1 Å². The molecule has 11 nitrogen and oxygen atoms in total. The molecule has 1 fully saturated rings. The molecule has 2 aromatic carbocycles. The molecular weight excluding hydrogens is 621 g/mol. The lowest BCUT2D eigenvalue weighted by molar-refractivity contribution is 0.262. The summed E-state index contributed by atoms with van der Waals surface area (Å²) < 4.78 is 30.7. The molecule has 0 bridgehead atoms. The third-order valence-corrected chi connectivity index (χ3v) is 11.0. The van der Waals surface area contributed by atoms with Gasteiger partial charge in [0.25, 0.3) is 0 Å². The molecule has 2 aromatic heterocycles. The van der Waals surface area contributed by atoms with E-state index in [1.165, 1.54) is 0 Å². The SMILES string of the molecule is CSCCN(C1CCNCC1)S(=O)(=O)c1ccc(-c2cc3cn(-c4ccc(CN(CCCN)CCCN)cc4)c(=O)nc3[nH]2)cc1. The van der Waals surface area contributed by atoms with Crippen LogP contribution in [0.3, 0.4) is 0 Å². The summed E-state index contributed by atoms with van der Waals surface area (Å²) in [5, 5.41) is 4.10. The lowest BCUT2D eigenvalue weighted by atomic mass is 10.1. The Kier molecular flexibility index (Phi) is 12.1. The van der Waals surface area contributed by atoms with E-state index in [4.69, 9.17) is 11.5 Å². The molecule has 0 saturated carbocycles. The van der Waals surface area contributed by atoms with Gasteiger partial charge in [-0.3, -0.25) is 9.47 Å². The normalized spacial score (nSPS) is 14.5. The van der Waals surface area contributed by atoms with Gasteiger partial charge in [0.1, 0.15) is 5.65 Å². The molecule has 0 atom stereocenters. The van der Waals surface area contributed by atoms with Crippen LogP contribution in [0.25, 0.3) is 28.0 Å². The van der Waals surface area contributed by atoms with Gasteiger partial charge in [-0.15, -0.1) is 0 Å². The van der Waals surface area contributed by atoms with Crippen molar-refractivity contribution in [3.05, 3.63) is 76.8 Å². The molecule has 248 valence electrons. The minimum absolute atomic E-state index is 0.000554. The van der Waals surface area contributed by atoms with Crippen LogP contribution in [0.2, 0.25) is 0 Å². The predicted octanol–water partition coefficient (Wildman–Crippen LogP) is 2.99. The van der Waals surface area contributed by atoms with Crippen LogP contribution in [0.5, 0.6) is 0 Å². The highest BCUT2D eigenvalue weighted by molar-refractivity contribution is 7.98. The molecule has 4 aromatic rings. The number of fused-ring (bicyclic) bond motifs is 1. The highest BCUT2D eigenvalue weighted by atomic mass is 32.2. The minimum Gasteiger partial charge on any atom is -0.339 e. The van der Waals surface area contributed by atoms with Gasteiger partial charge in [0, 0.05) is 42.2 Å². The van der Waals surface area contributed by atoms with E-state index < -0.39 is 10.0 Å². The second-order valence-corrected chi connectivity index (χ2v) is 14.6. The second-order valence-electron chi connectivity index (χ2n) is 11.7. The van der Waals surface area contributed by atoms with Crippen molar-refractivity contribution < 1.29 is 8.42 Å². The number of hydrogen-bond acceptors (Lipinski definition) is 9. The molecule has 3 heterocycles. The van der Waals surface area contributed by atoms with E-state index in [1.54, 1.807) is 39.0 Å². The fourth-order valence-electron chi connectivity index (χ4n) is 5.97. The highest BCUT2D eigenvalue weighted by Gasteiger charge is 2.32. The van der Waals surface area contributed by atoms with E-state index in [2.05, 4.69) is 20.2 Å². The van der Waals surface area contributed by atoms with Crippen molar-refractivity contribution in [2.24, 2.45) is 11.5 Å². The summed E-state index contributed by atoms with van der Waals surface area (Å²) in [6.45, 7) is 6.07. The van der Waals surface area contributed by atoms with E-state index in [0.29, 0.717) is 25.3 Å². The van der Waals surface area contributed by atoms with Crippen LogP contribution in [0.1, 0.15) is 31.2 Å². The number of thioether (sulfide) groups is 1. The average Bonchev–Trinajstić information content (AvgIpc) is 3.49. The summed E-state index contributed by atoms with van der Waals surface area (Å²) >= 11 is 1.65. The zero-order valence-electron chi connectivity index (χ0n) is 26.5.